The lowest BCUT2D eigenvalue weighted by atomic mass is 10.0. The molecule has 3 fully saturated rings. The largest absolute Gasteiger partial charge is 0.444 e. The minimum absolute atomic E-state index is 0.0389. The normalized spacial score (nSPS) is 20.1. The maximum atomic E-state index is 15.6. The highest BCUT2D eigenvalue weighted by atomic mass is 35.5. The van der Waals surface area contributed by atoms with Gasteiger partial charge in [0.1, 0.15) is 17.0 Å². The maximum absolute atomic E-state index is 15.6. The predicted octanol–water partition coefficient (Wildman–Crippen LogP) is 4.72. The number of benzene rings is 1. The van der Waals surface area contributed by atoms with Crippen molar-refractivity contribution in [1.82, 2.24) is 16.2 Å². The molecule has 3 amide bonds. The van der Waals surface area contributed by atoms with E-state index in [4.69, 9.17) is 21.1 Å². The number of ether oxygens (including phenoxy) is 2. The smallest absolute Gasteiger partial charge is 0.426 e. The molecule has 38 heavy (non-hydrogen) atoms. The summed E-state index contributed by atoms with van der Waals surface area (Å²) in [6.07, 6.45) is 2.23. The second kappa shape index (κ2) is 9.98. The lowest BCUT2D eigenvalue weighted by Gasteiger charge is -2.25. The third-order valence-electron chi connectivity index (χ3n) is 6.59. The topological polar surface area (TPSA) is 121 Å². The van der Waals surface area contributed by atoms with E-state index in [0.29, 0.717) is 18.8 Å². The van der Waals surface area contributed by atoms with E-state index in [1.807, 2.05) is 4.90 Å². The summed E-state index contributed by atoms with van der Waals surface area (Å²) in [6.45, 7) is 11.3. The zero-order chi connectivity index (χ0) is 28.0. The standard InChI is InChI=1S/C26H37ClFN5O5/c1-24(2,3)37-22(35)30-17-12-33(13-26(17)9-10-26)20-16(28)11-15(19(18(20)27)29-14-7-8-14)21(34)31-32-23(36)38-25(4,5)6/h11,14,17,29H,7-10,12-13H2,1-6H3,(H,30,35)(H,31,34)(H,32,36). The molecule has 1 aromatic carbocycles. The molecule has 1 saturated heterocycles. The van der Waals surface area contributed by atoms with Gasteiger partial charge < -0.3 is 25.0 Å². The number of rotatable bonds is 5. The number of hydrogen-bond donors (Lipinski definition) is 4. The predicted molar refractivity (Wildman–Crippen MR) is 142 cm³/mol. The summed E-state index contributed by atoms with van der Waals surface area (Å²) in [5.41, 5.74) is 3.31. The summed E-state index contributed by atoms with van der Waals surface area (Å²) in [5, 5.41) is 6.27. The molecule has 2 aliphatic carbocycles. The van der Waals surface area contributed by atoms with Gasteiger partial charge in [0.25, 0.3) is 5.91 Å². The first-order chi connectivity index (χ1) is 17.6. The van der Waals surface area contributed by atoms with Crippen LogP contribution < -0.4 is 26.4 Å². The highest BCUT2D eigenvalue weighted by Crippen LogP contribution is 2.55. The average molecular weight is 554 g/mol. The molecule has 10 nitrogen and oxygen atoms in total. The third kappa shape index (κ3) is 6.73. The third-order valence-corrected chi connectivity index (χ3v) is 6.96. The SMILES string of the molecule is CC(C)(C)OC(=O)NNC(=O)c1cc(F)c(N2CC(NC(=O)OC(C)(C)C)C3(CC3)C2)c(Cl)c1NC1CC1. The summed E-state index contributed by atoms with van der Waals surface area (Å²) in [7, 11) is 0. The van der Waals surface area contributed by atoms with Gasteiger partial charge in [0.05, 0.1) is 28.0 Å². The van der Waals surface area contributed by atoms with E-state index < -0.39 is 35.1 Å². The number of hydrazine groups is 1. The quantitative estimate of drug-likeness (QED) is 0.389. The summed E-state index contributed by atoms with van der Waals surface area (Å²) in [4.78, 5) is 39.2. The molecule has 12 heteroatoms. The second-order valence-corrected chi connectivity index (χ2v) is 12.8. The Morgan fingerprint density at radius 1 is 1.03 bits per heavy atom. The molecule has 1 unspecified atom stereocenters. The Labute approximate surface area is 227 Å². The van der Waals surface area contributed by atoms with Crippen molar-refractivity contribution in [3.63, 3.8) is 0 Å². The lowest BCUT2D eigenvalue weighted by Crippen LogP contribution is -2.44. The van der Waals surface area contributed by atoms with Gasteiger partial charge in [-0.2, -0.15) is 0 Å². The Hall–Kier alpha value is -2.95. The van der Waals surface area contributed by atoms with Crippen LogP contribution in [0.1, 0.15) is 77.6 Å². The molecule has 2 saturated carbocycles. The molecule has 0 aromatic heterocycles. The Morgan fingerprint density at radius 3 is 2.18 bits per heavy atom. The number of carbonyl (C=O) groups is 3. The Bertz CT molecular complexity index is 1120. The number of halogens is 2. The summed E-state index contributed by atoms with van der Waals surface area (Å²) < 4.78 is 26.2. The fourth-order valence-electron chi connectivity index (χ4n) is 4.58. The van der Waals surface area contributed by atoms with Crippen LogP contribution in [0.25, 0.3) is 0 Å². The molecule has 1 atom stereocenters. The Balaban J connectivity index is 1.55. The molecule has 1 spiro atoms. The zero-order valence-corrected chi connectivity index (χ0v) is 23.5. The highest BCUT2D eigenvalue weighted by Gasteiger charge is 2.56. The number of alkyl carbamates (subject to hydrolysis) is 1. The van der Waals surface area contributed by atoms with Gasteiger partial charge in [-0.15, -0.1) is 0 Å². The van der Waals surface area contributed by atoms with E-state index in [-0.39, 0.29) is 33.8 Å². The fourth-order valence-corrected chi connectivity index (χ4v) is 4.95. The number of anilines is 2. The molecule has 3 aliphatic rings. The van der Waals surface area contributed by atoms with Gasteiger partial charge in [-0.1, -0.05) is 11.6 Å². The molecule has 4 rings (SSSR count). The first-order valence-electron chi connectivity index (χ1n) is 12.9. The lowest BCUT2D eigenvalue weighted by molar-refractivity contribution is 0.0478. The van der Waals surface area contributed by atoms with Gasteiger partial charge in [-0.05, 0) is 73.3 Å². The molecule has 210 valence electrons. The molecule has 4 N–H and O–H groups in total. The van der Waals surface area contributed by atoms with E-state index in [1.165, 1.54) is 0 Å². The van der Waals surface area contributed by atoms with Crippen LogP contribution in [0.15, 0.2) is 6.07 Å². The van der Waals surface area contributed by atoms with Crippen molar-refractivity contribution in [2.24, 2.45) is 5.41 Å². The van der Waals surface area contributed by atoms with Gasteiger partial charge in [0.2, 0.25) is 0 Å². The number of hydrogen-bond acceptors (Lipinski definition) is 7. The molecular weight excluding hydrogens is 517 g/mol. The van der Waals surface area contributed by atoms with Crippen molar-refractivity contribution < 1.29 is 28.2 Å². The first kappa shape index (κ1) is 28.1. The fraction of sp³-hybridized carbons (Fsp3) is 0.654. The van der Waals surface area contributed by atoms with Crippen LogP contribution in [0.3, 0.4) is 0 Å². The van der Waals surface area contributed by atoms with Crippen LogP contribution in [-0.2, 0) is 9.47 Å². The monoisotopic (exact) mass is 553 g/mol. The van der Waals surface area contributed by atoms with E-state index >= 15 is 4.39 Å². The van der Waals surface area contributed by atoms with Gasteiger partial charge in [-0.3, -0.25) is 10.2 Å². The van der Waals surface area contributed by atoms with Crippen LogP contribution in [0.4, 0.5) is 25.4 Å². The molecule has 1 aliphatic heterocycles. The van der Waals surface area contributed by atoms with Crippen molar-refractivity contribution in [2.75, 3.05) is 23.3 Å². The number of amides is 3. The number of nitrogens with one attached hydrogen (secondary N) is 4. The average Bonchev–Trinajstić information content (AvgIpc) is 3.67. The summed E-state index contributed by atoms with van der Waals surface area (Å²) in [6, 6.07) is 1.01. The van der Waals surface area contributed by atoms with Gasteiger partial charge >= 0.3 is 12.2 Å². The molecule has 0 bridgehead atoms. The minimum atomic E-state index is -0.846. The molecule has 1 heterocycles. The van der Waals surface area contributed by atoms with Crippen molar-refractivity contribution in [1.29, 1.82) is 0 Å². The van der Waals surface area contributed by atoms with E-state index in [9.17, 15) is 14.4 Å². The van der Waals surface area contributed by atoms with E-state index in [1.54, 1.807) is 41.5 Å². The van der Waals surface area contributed by atoms with Crippen molar-refractivity contribution in [3.05, 3.63) is 22.5 Å². The second-order valence-electron chi connectivity index (χ2n) is 12.4. The van der Waals surface area contributed by atoms with Crippen molar-refractivity contribution >= 4 is 41.1 Å². The number of nitrogens with zero attached hydrogens (tertiary/aromatic N) is 1. The van der Waals surface area contributed by atoms with Crippen LogP contribution in [0.2, 0.25) is 5.02 Å². The van der Waals surface area contributed by atoms with Crippen molar-refractivity contribution in [3.8, 4) is 0 Å². The van der Waals surface area contributed by atoms with Gasteiger partial charge in [0, 0.05) is 24.5 Å². The van der Waals surface area contributed by atoms with Crippen LogP contribution >= 0.6 is 11.6 Å². The highest BCUT2D eigenvalue weighted by molar-refractivity contribution is 6.37. The molecular formula is C26H37ClFN5O5. The molecule has 0 radical (unpaired) electrons. The number of carbonyl (C=O) groups excluding carboxylic acids is 3. The first-order valence-corrected chi connectivity index (χ1v) is 13.3. The van der Waals surface area contributed by atoms with Gasteiger partial charge in [-0.25, -0.2) is 19.4 Å². The van der Waals surface area contributed by atoms with Crippen LogP contribution in [0, 0.1) is 11.2 Å². The van der Waals surface area contributed by atoms with E-state index in [2.05, 4.69) is 21.5 Å². The van der Waals surface area contributed by atoms with Crippen LogP contribution in [-0.4, -0.2) is 54.5 Å². The minimum Gasteiger partial charge on any atom is -0.444 e. The maximum Gasteiger partial charge on any atom is 0.426 e. The summed E-state index contributed by atoms with van der Waals surface area (Å²) >= 11 is 6.77. The Kier molecular flexibility index (Phi) is 7.37. The molecule has 1 aromatic rings. The summed E-state index contributed by atoms with van der Waals surface area (Å²) in [5.74, 6) is -1.41. The Morgan fingerprint density at radius 2 is 1.63 bits per heavy atom. The van der Waals surface area contributed by atoms with Gasteiger partial charge in [0.15, 0.2) is 0 Å². The van der Waals surface area contributed by atoms with Crippen LogP contribution in [0.5, 0.6) is 0 Å². The van der Waals surface area contributed by atoms with E-state index in [0.717, 1.165) is 31.7 Å². The van der Waals surface area contributed by atoms with Crippen molar-refractivity contribution in [2.45, 2.75) is 90.5 Å². The zero-order valence-electron chi connectivity index (χ0n) is 22.7.